The average molecular weight is 1090 g/mol. The molecule has 74 heavy (non-hydrogen) atoms. The molecule has 1 radical (unpaired) electrons. The van der Waals surface area contributed by atoms with Crippen LogP contribution in [-0.2, 0) is 9.47 Å². The third-order valence-corrected chi connectivity index (χ3v) is 12.8. The molecular formula is C42H40AlCaO30. The summed E-state index contributed by atoms with van der Waals surface area (Å²) < 4.78 is 22.3. The molecule has 2 saturated heterocycles. The second kappa shape index (κ2) is 22.9. The molecule has 2 unspecified atom stereocenters. The summed E-state index contributed by atoms with van der Waals surface area (Å²) in [5.41, 5.74) is -12.0. The number of hydrogen-bond acceptors (Lipinski definition) is 24. The maximum Gasteiger partial charge on any atom is 2.00 e. The molecule has 2 aliphatic carbocycles. The number of rotatable bonds is 10. The summed E-state index contributed by atoms with van der Waals surface area (Å²) in [6.07, 6.45) is -21.4. The number of ether oxygens (including phenoxy) is 2. The van der Waals surface area contributed by atoms with Gasteiger partial charge in [0, 0.05) is 44.5 Å². The summed E-state index contributed by atoms with van der Waals surface area (Å²) in [6, 6.07) is 2.16. The van der Waals surface area contributed by atoms with Crippen LogP contribution >= 0.6 is 0 Å². The van der Waals surface area contributed by atoms with E-state index in [1.54, 1.807) is 0 Å². The Morgan fingerprint density at radius 2 is 0.811 bits per heavy atom. The van der Waals surface area contributed by atoms with E-state index in [1.165, 1.54) is 0 Å². The molecule has 2 heterocycles. The smallest absolute Gasteiger partial charge is 0.872 e. The van der Waals surface area contributed by atoms with Crippen LogP contribution in [0.25, 0.3) is 0 Å². The van der Waals surface area contributed by atoms with Gasteiger partial charge in [-0.25, -0.2) is 9.59 Å². The Morgan fingerprint density at radius 1 is 0.514 bits per heavy atom. The van der Waals surface area contributed by atoms with E-state index < -0.39 is 238 Å². The number of aliphatic hydroxyl groups is 8. The van der Waals surface area contributed by atoms with Crippen molar-refractivity contribution < 1.29 is 149 Å². The Bertz CT molecular complexity index is 2760. The number of fused-ring (bicyclic) bond motifs is 4. The van der Waals surface area contributed by atoms with Gasteiger partial charge < -0.3 is 121 Å². The van der Waals surface area contributed by atoms with Crippen LogP contribution < -0.4 is 17.8 Å². The maximum absolute atomic E-state index is 14.3. The molecule has 0 spiro atoms. The van der Waals surface area contributed by atoms with E-state index in [2.05, 4.69) is 0 Å². The van der Waals surface area contributed by atoms with Crippen molar-refractivity contribution >= 4 is 88.7 Å². The predicted octanol–water partition coefficient (Wildman–Crippen LogP) is -8.05. The number of aromatic hydroxyl groups is 4. The molecule has 4 aromatic carbocycles. The molecule has 393 valence electrons. The van der Waals surface area contributed by atoms with Gasteiger partial charge in [-0.05, 0) is 24.3 Å². The zero-order chi connectivity index (χ0) is 50.6. The second-order valence-corrected chi connectivity index (χ2v) is 16.6. The first-order chi connectivity index (χ1) is 32.5. The van der Waals surface area contributed by atoms with Gasteiger partial charge in [0.2, 0.25) is 0 Å². The van der Waals surface area contributed by atoms with Gasteiger partial charge in [-0.2, -0.15) is 0 Å². The van der Waals surface area contributed by atoms with Gasteiger partial charge in [-0.15, -0.1) is 0 Å². The van der Waals surface area contributed by atoms with Crippen molar-refractivity contribution in [3.63, 3.8) is 0 Å². The summed E-state index contributed by atoms with van der Waals surface area (Å²) in [5, 5.41) is 176. The number of carboxylic acids is 2. The number of phenolic OH excluding ortho intramolecular Hbond substituents is 2. The number of phenols is 4. The topological polar surface area (TPSA) is 595 Å². The normalized spacial score (nSPS) is 24.3. The van der Waals surface area contributed by atoms with Crippen molar-refractivity contribution in [2.75, 3.05) is 13.2 Å². The van der Waals surface area contributed by atoms with E-state index in [0.29, 0.717) is 24.3 Å². The molecule has 0 aromatic heterocycles. The molecular weight excluding hydrogens is 1050 g/mol. The quantitative estimate of drug-likeness (QED) is 0.0567. The van der Waals surface area contributed by atoms with Crippen LogP contribution in [0.5, 0.6) is 46.0 Å². The van der Waals surface area contributed by atoms with E-state index in [1.807, 2.05) is 0 Å². The van der Waals surface area contributed by atoms with Gasteiger partial charge in [0.25, 0.3) is 0 Å². The van der Waals surface area contributed by atoms with Crippen molar-refractivity contribution in [1.82, 2.24) is 0 Å². The number of ketones is 4. The number of hydrogen-bond donors (Lipinski definition) is 14. The predicted molar refractivity (Wildman–Crippen MR) is 232 cm³/mol. The van der Waals surface area contributed by atoms with E-state index >= 15 is 0 Å². The third-order valence-electron chi connectivity index (χ3n) is 12.1. The standard InChI is InChI=1S/2C21H18O13.Al.Ca.4H2O/c2*22-3-8-14(26)18(30)19(31)20(34-8)11-15(27)9-10(16(28)17(11)29)13(25)5-2-7(23)6(21(32)33)1-4(5)12(9)24;;;;;;/h2*1-2,8,14,18-20,22-23,26-31H,3H2,(H,32,33);;;4*1H2/q;;2*+2;;;;/p-4/t2*8-,14-,18+,19-,20?;;;;;;/m11....../s1. The molecule has 0 amide bonds. The summed E-state index contributed by atoms with van der Waals surface area (Å²) in [7, 11) is 0. The SMILES string of the molecule is O.O.O.O.O=C(O)c1cc2c(cc1O)C(=O)c1c([O][Al][O]c3c(O)c(C4O[C@H](CO)[C@@H](O)[C@H](O)[C@H]4O)c([O-])c4c3C(=O)c3cc(O)c(C(=O)O)cc3C4=O)c(O)c(C3O[C@H](CO)[C@@H](O)[C@H](O)[C@H]3O)c([O-])c1C2=O.[Ca+2]. The molecule has 4 aliphatic rings. The van der Waals surface area contributed by atoms with Crippen LogP contribution in [-0.4, -0.2) is 244 Å². The number of carbonyl (C=O) groups is 6. The van der Waals surface area contributed by atoms with Gasteiger partial charge in [0.1, 0.15) is 95.2 Å². The van der Waals surface area contributed by atoms with Gasteiger partial charge >= 0.3 is 65.6 Å². The summed E-state index contributed by atoms with van der Waals surface area (Å²) in [6.45, 7) is -2.16. The van der Waals surface area contributed by atoms with Crippen molar-refractivity contribution in [2.24, 2.45) is 0 Å². The minimum atomic E-state index is -2.64. The Kier molecular flexibility index (Phi) is 19.4. The molecule has 2 aliphatic heterocycles. The molecule has 4 aromatic rings. The molecule has 30 nitrogen and oxygen atoms in total. The monoisotopic (exact) mass is 1090 g/mol. The van der Waals surface area contributed by atoms with Crippen LogP contribution in [0.15, 0.2) is 24.3 Å². The van der Waals surface area contributed by atoms with E-state index in [-0.39, 0.29) is 59.6 Å². The Labute approximate surface area is 446 Å². The molecule has 32 heteroatoms. The minimum absolute atomic E-state index is 0. The first-order valence-corrected chi connectivity index (χ1v) is 20.8. The first kappa shape index (κ1) is 62.4. The van der Waals surface area contributed by atoms with Crippen LogP contribution in [0, 0.1) is 0 Å². The van der Waals surface area contributed by atoms with Crippen molar-refractivity contribution in [3.05, 3.63) is 91.0 Å². The van der Waals surface area contributed by atoms with E-state index in [9.17, 15) is 110 Å². The minimum Gasteiger partial charge on any atom is -0.872 e. The summed E-state index contributed by atoms with van der Waals surface area (Å²) in [4.78, 5) is 80.6. The average Bonchev–Trinajstić information content (AvgIpc) is 3.30. The summed E-state index contributed by atoms with van der Waals surface area (Å²) in [5.74, 6) is -20.1. The Morgan fingerprint density at radius 3 is 1.11 bits per heavy atom. The fourth-order valence-electron chi connectivity index (χ4n) is 8.65. The van der Waals surface area contributed by atoms with Crippen LogP contribution in [0.3, 0.4) is 0 Å². The second-order valence-electron chi connectivity index (χ2n) is 15.9. The summed E-state index contributed by atoms with van der Waals surface area (Å²) >= 11 is -2.64. The largest absolute Gasteiger partial charge is 2.00 e. The molecule has 10 atom stereocenters. The number of carboxylic acid groups (broad SMARTS) is 2. The Balaban J connectivity index is 0.00000289. The fourth-order valence-corrected chi connectivity index (χ4v) is 9.35. The number of carbonyl (C=O) groups excluding carboxylic acids is 4. The molecule has 8 rings (SSSR count). The number of benzene rings is 4. The van der Waals surface area contributed by atoms with Gasteiger partial charge in [-0.3, -0.25) is 19.2 Å². The molecule has 22 N–H and O–H groups in total. The first-order valence-electron chi connectivity index (χ1n) is 19.8. The van der Waals surface area contributed by atoms with E-state index in [0.717, 1.165) is 0 Å². The zero-order valence-corrected chi connectivity index (χ0v) is 40.3. The number of aliphatic hydroxyl groups excluding tert-OH is 8. The zero-order valence-electron chi connectivity index (χ0n) is 36.9. The Hall–Kier alpha value is -5.87. The number of aromatic carboxylic acids is 2. The molecule has 2 fully saturated rings. The molecule has 0 bridgehead atoms. The van der Waals surface area contributed by atoms with Crippen molar-refractivity contribution in [1.29, 1.82) is 0 Å². The molecule has 0 saturated carbocycles. The van der Waals surface area contributed by atoms with Crippen LogP contribution in [0.4, 0.5) is 0 Å². The van der Waals surface area contributed by atoms with Gasteiger partial charge in [0.05, 0.1) is 24.3 Å². The van der Waals surface area contributed by atoms with E-state index in [4.69, 9.17) is 17.1 Å². The van der Waals surface area contributed by atoms with Crippen molar-refractivity contribution in [3.8, 4) is 46.0 Å². The van der Waals surface area contributed by atoms with Crippen LogP contribution in [0.2, 0.25) is 0 Å². The van der Waals surface area contributed by atoms with Crippen LogP contribution in [0.1, 0.15) is 108 Å². The maximum atomic E-state index is 14.3. The van der Waals surface area contributed by atoms with Gasteiger partial charge in [0.15, 0.2) is 34.6 Å². The van der Waals surface area contributed by atoms with Gasteiger partial charge in [-0.1, -0.05) is 11.5 Å². The third kappa shape index (κ3) is 9.47. The fraction of sp³-hybridized carbons (Fsp3) is 0.286. The van der Waals surface area contributed by atoms with Crippen molar-refractivity contribution in [2.45, 2.75) is 61.0 Å².